The van der Waals surface area contributed by atoms with Crippen LogP contribution >= 0.6 is 38.9 Å². The zero-order chi connectivity index (χ0) is 13.0. The molecule has 1 aromatic carbocycles. The quantitative estimate of drug-likeness (QED) is 0.723. The third kappa shape index (κ3) is 3.58. The van der Waals surface area contributed by atoms with Crippen molar-refractivity contribution in [1.29, 1.82) is 0 Å². The molecule has 0 aliphatic carbocycles. The molecule has 0 aliphatic heterocycles. The van der Waals surface area contributed by atoms with Gasteiger partial charge in [0.25, 0.3) is 0 Å². The Morgan fingerprint density at radius 1 is 1.28 bits per heavy atom. The summed E-state index contributed by atoms with van der Waals surface area (Å²) < 4.78 is 1.06. The highest BCUT2D eigenvalue weighted by Gasteiger charge is 2.07. The van der Waals surface area contributed by atoms with Crippen molar-refractivity contribution < 1.29 is 0 Å². The third-order valence-electron chi connectivity index (χ3n) is 2.58. The first-order chi connectivity index (χ1) is 8.70. The average Bonchev–Trinajstić information content (AvgIpc) is 2.81. The van der Waals surface area contributed by atoms with Gasteiger partial charge < -0.3 is 5.32 Å². The van der Waals surface area contributed by atoms with Crippen molar-refractivity contribution in [3.05, 3.63) is 44.7 Å². The van der Waals surface area contributed by atoms with Gasteiger partial charge in [0.15, 0.2) is 0 Å². The Balaban J connectivity index is 2.16. The van der Waals surface area contributed by atoms with Crippen LogP contribution < -0.4 is 5.32 Å². The van der Waals surface area contributed by atoms with E-state index < -0.39 is 0 Å². The molecule has 1 N–H and O–H groups in total. The highest BCUT2D eigenvalue weighted by atomic mass is 79.9. The number of hydrogen-bond donors (Lipinski definition) is 1. The van der Waals surface area contributed by atoms with Crippen LogP contribution in [0.3, 0.4) is 0 Å². The van der Waals surface area contributed by atoms with Gasteiger partial charge in [-0.1, -0.05) is 34.5 Å². The maximum absolute atomic E-state index is 6.24. The lowest BCUT2D eigenvalue weighted by molar-refractivity contribution is 0.681. The SMILES string of the molecule is CCCNCc1ccc(-c2cc(Br)ccc2Cl)s1. The van der Waals surface area contributed by atoms with Crippen LogP contribution in [-0.2, 0) is 6.54 Å². The van der Waals surface area contributed by atoms with Gasteiger partial charge in [0.2, 0.25) is 0 Å². The Bertz CT molecular complexity index is 524. The highest BCUT2D eigenvalue weighted by Crippen LogP contribution is 2.35. The minimum absolute atomic E-state index is 0.799. The molecule has 0 saturated carbocycles. The van der Waals surface area contributed by atoms with E-state index >= 15 is 0 Å². The lowest BCUT2D eigenvalue weighted by atomic mass is 10.2. The van der Waals surface area contributed by atoms with Crippen molar-refractivity contribution in [2.24, 2.45) is 0 Å². The number of nitrogens with one attached hydrogen (secondary N) is 1. The van der Waals surface area contributed by atoms with Crippen LogP contribution in [0.2, 0.25) is 5.02 Å². The molecule has 18 heavy (non-hydrogen) atoms. The number of benzene rings is 1. The van der Waals surface area contributed by atoms with Crippen molar-refractivity contribution >= 4 is 38.9 Å². The van der Waals surface area contributed by atoms with E-state index in [-0.39, 0.29) is 0 Å². The van der Waals surface area contributed by atoms with Gasteiger partial charge in [-0.25, -0.2) is 0 Å². The molecule has 0 bridgehead atoms. The second kappa shape index (κ2) is 6.71. The van der Waals surface area contributed by atoms with Gasteiger partial charge >= 0.3 is 0 Å². The first-order valence-corrected chi connectivity index (χ1v) is 7.94. The van der Waals surface area contributed by atoms with E-state index in [1.54, 1.807) is 11.3 Å². The molecule has 4 heteroatoms. The molecular formula is C14H15BrClNS. The molecule has 1 nitrogen and oxygen atoms in total. The number of thiophene rings is 1. The van der Waals surface area contributed by atoms with Crippen LogP contribution in [0.25, 0.3) is 10.4 Å². The zero-order valence-corrected chi connectivity index (χ0v) is 13.3. The monoisotopic (exact) mass is 343 g/mol. The summed E-state index contributed by atoms with van der Waals surface area (Å²) in [6.07, 6.45) is 1.16. The zero-order valence-electron chi connectivity index (χ0n) is 10.2. The number of hydrogen-bond acceptors (Lipinski definition) is 2. The number of rotatable bonds is 5. The summed E-state index contributed by atoms with van der Waals surface area (Å²) in [5.41, 5.74) is 1.10. The Kier molecular flexibility index (Phi) is 5.25. The molecule has 0 atom stereocenters. The second-order valence-electron chi connectivity index (χ2n) is 4.07. The van der Waals surface area contributed by atoms with Crippen molar-refractivity contribution in [2.75, 3.05) is 6.54 Å². The number of halogens is 2. The fourth-order valence-corrected chi connectivity index (χ4v) is 3.34. The molecule has 0 unspecified atom stereocenters. The topological polar surface area (TPSA) is 12.0 Å². The van der Waals surface area contributed by atoms with Gasteiger partial charge in [-0.2, -0.15) is 0 Å². The Morgan fingerprint density at radius 3 is 2.89 bits per heavy atom. The van der Waals surface area contributed by atoms with Crippen LogP contribution in [0.15, 0.2) is 34.8 Å². The van der Waals surface area contributed by atoms with Gasteiger partial charge in [0, 0.05) is 31.4 Å². The van der Waals surface area contributed by atoms with Gasteiger partial charge in [0.1, 0.15) is 0 Å². The average molecular weight is 345 g/mol. The van der Waals surface area contributed by atoms with E-state index in [2.05, 4.69) is 46.4 Å². The van der Waals surface area contributed by atoms with Crippen molar-refractivity contribution in [3.8, 4) is 10.4 Å². The molecule has 0 aliphatic rings. The van der Waals surface area contributed by atoms with E-state index in [1.165, 1.54) is 9.75 Å². The minimum atomic E-state index is 0.799. The predicted molar refractivity (Wildman–Crippen MR) is 84.5 cm³/mol. The van der Waals surface area contributed by atoms with E-state index in [0.717, 1.165) is 34.6 Å². The van der Waals surface area contributed by atoms with Crippen molar-refractivity contribution in [3.63, 3.8) is 0 Å². The summed E-state index contributed by atoms with van der Waals surface area (Å²) in [5, 5.41) is 4.21. The maximum atomic E-state index is 6.24. The lowest BCUT2D eigenvalue weighted by Gasteiger charge is -2.02. The smallest absolute Gasteiger partial charge is 0.0493 e. The molecule has 0 radical (unpaired) electrons. The van der Waals surface area contributed by atoms with Crippen LogP contribution in [0.4, 0.5) is 0 Å². The van der Waals surface area contributed by atoms with Gasteiger partial charge in [0.05, 0.1) is 0 Å². The van der Waals surface area contributed by atoms with Crippen molar-refractivity contribution in [1.82, 2.24) is 5.32 Å². The normalized spacial score (nSPS) is 10.8. The third-order valence-corrected chi connectivity index (χ3v) is 4.52. The predicted octanol–water partition coefficient (Wildman–Crippen LogP) is 5.33. The molecular weight excluding hydrogens is 330 g/mol. The molecule has 1 aromatic heterocycles. The van der Waals surface area contributed by atoms with Crippen LogP contribution in [0, 0.1) is 0 Å². The summed E-state index contributed by atoms with van der Waals surface area (Å²) >= 11 is 11.5. The van der Waals surface area contributed by atoms with Crippen LogP contribution in [-0.4, -0.2) is 6.54 Å². The maximum Gasteiger partial charge on any atom is 0.0493 e. The first kappa shape index (κ1) is 14.1. The molecule has 0 spiro atoms. The Morgan fingerprint density at radius 2 is 2.11 bits per heavy atom. The summed E-state index contributed by atoms with van der Waals surface area (Å²) in [4.78, 5) is 2.56. The fraction of sp³-hybridized carbons (Fsp3) is 0.286. The summed E-state index contributed by atoms with van der Waals surface area (Å²) in [5.74, 6) is 0. The van der Waals surface area contributed by atoms with Gasteiger partial charge in [-0.05, 0) is 43.3 Å². The molecule has 0 amide bonds. The van der Waals surface area contributed by atoms with E-state index in [4.69, 9.17) is 11.6 Å². The Labute approximate surface area is 125 Å². The standard InChI is InChI=1S/C14H15BrClNS/c1-2-7-17-9-11-4-6-14(18-11)12-8-10(15)3-5-13(12)16/h3-6,8,17H,2,7,9H2,1H3. The molecule has 1 heterocycles. The van der Waals surface area contributed by atoms with Crippen LogP contribution in [0.1, 0.15) is 18.2 Å². The van der Waals surface area contributed by atoms with Crippen LogP contribution in [0.5, 0.6) is 0 Å². The van der Waals surface area contributed by atoms with Crippen molar-refractivity contribution in [2.45, 2.75) is 19.9 Å². The van der Waals surface area contributed by atoms with E-state index in [1.807, 2.05) is 12.1 Å². The highest BCUT2D eigenvalue weighted by molar-refractivity contribution is 9.10. The Hall–Kier alpha value is -0.350. The minimum Gasteiger partial charge on any atom is -0.312 e. The largest absolute Gasteiger partial charge is 0.312 e. The van der Waals surface area contributed by atoms with E-state index in [0.29, 0.717) is 0 Å². The summed E-state index contributed by atoms with van der Waals surface area (Å²) in [6.45, 7) is 4.17. The summed E-state index contributed by atoms with van der Waals surface area (Å²) in [7, 11) is 0. The van der Waals surface area contributed by atoms with E-state index in [9.17, 15) is 0 Å². The molecule has 2 aromatic rings. The first-order valence-electron chi connectivity index (χ1n) is 5.95. The summed E-state index contributed by atoms with van der Waals surface area (Å²) in [6, 6.07) is 10.3. The second-order valence-corrected chi connectivity index (χ2v) is 6.56. The van der Waals surface area contributed by atoms with Gasteiger partial charge in [-0.15, -0.1) is 11.3 Å². The van der Waals surface area contributed by atoms with Gasteiger partial charge in [-0.3, -0.25) is 0 Å². The molecule has 96 valence electrons. The lowest BCUT2D eigenvalue weighted by Crippen LogP contribution is -2.12. The molecule has 0 fully saturated rings. The fourth-order valence-electron chi connectivity index (χ4n) is 1.69. The molecule has 0 saturated heterocycles. The molecule has 2 rings (SSSR count).